The van der Waals surface area contributed by atoms with Gasteiger partial charge in [0.25, 0.3) is 0 Å². The third kappa shape index (κ3) is 4.93. The lowest BCUT2D eigenvalue weighted by Gasteiger charge is -2.14. The van der Waals surface area contributed by atoms with E-state index in [1.807, 2.05) is 0 Å². The molecule has 4 heterocycles. The first-order chi connectivity index (χ1) is 31.2. The summed E-state index contributed by atoms with van der Waals surface area (Å²) in [6, 6.07) is 76.7. The van der Waals surface area contributed by atoms with Gasteiger partial charge in [-0.3, -0.25) is 4.57 Å². The number of aromatic nitrogens is 5. The fourth-order valence-corrected chi connectivity index (χ4v) is 10.4. The van der Waals surface area contributed by atoms with Gasteiger partial charge in [-0.25, -0.2) is 9.97 Å². The smallest absolute Gasteiger partial charge is 0.162 e. The van der Waals surface area contributed by atoms with Crippen molar-refractivity contribution in [3.63, 3.8) is 0 Å². The van der Waals surface area contributed by atoms with Gasteiger partial charge in [-0.05, 0) is 100 Å². The molecule has 0 bridgehead atoms. The van der Waals surface area contributed by atoms with Crippen LogP contribution in [0.1, 0.15) is 0 Å². The number of hydrogen-bond donors (Lipinski definition) is 0. The highest BCUT2D eigenvalue weighted by molar-refractivity contribution is 6.21. The molecule has 5 nitrogen and oxygen atoms in total. The predicted molar refractivity (Wildman–Crippen MR) is 263 cm³/mol. The number of para-hydroxylation sites is 5. The Kier molecular flexibility index (Phi) is 7.05. The Balaban J connectivity index is 1.01. The average molecular weight is 802 g/mol. The molecule has 0 radical (unpaired) electrons. The van der Waals surface area contributed by atoms with Gasteiger partial charge in [-0.2, -0.15) is 0 Å². The zero-order chi connectivity index (χ0) is 41.2. The van der Waals surface area contributed by atoms with Crippen LogP contribution in [-0.4, -0.2) is 23.7 Å². The maximum absolute atomic E-state index is 5.55. The van der Waals surface area contributed by atoms with Crippen molar-refractivity contribution in [1.29, 1.82) is 0 Å². The molecule has 14 rings (SSSR count). The van der Waals surface area contributed by atoms with Gasteiger partial charge >= 0.3 is 0 Å². The van der Waals surface area contributed by atoms with Gasteiger partial charge < -0.3 is 9.13 Å². The van der Waals surface area contributed by atoms with Gasteiger partial charge in [-0.15, -0.1) is 0 Å². The van der Waals surface area contributed by atoms with Crippen LogP contribution in [0.4, 0.5) is 0 Å². The number of fused-ring (bicyclic) bond motifs is 13. The molecule has 14 aromatic rings. The third-order valence-electron chi connectivity index (χ3n) is 13.2. The van der Waals surface area contributed by atoms with E-state index in [1.54, 1.807) is 0 Å². The summed E-state index contributed by atoms with van der Waals surface area (Å²) in [5.74, 6) is 1.54. The fraction of sp³-hybridized carbons (Fsp3) is 0. The normalized spacial score (nSPS) is 12.1. The van der Waals surface area contributed by atoms with E-state index in [4.69, 9.17) is 9.97 Å². The van der Waals surface area contributed by atoms with Gasteiger partial charge in [0.1, 0.15) is 5.82 Å². The molecule has 0 saturated heterocycles. The molecule has 63 heavy (non-hydrogen) atoms. The summed E-state index contributed by atoms with van der Waals surface area (Å²) in [5.41, 5.74) is 11.0. The number of rotatable bonds is 4. The highest BCUT2D eigenvalue weighted by atomic mass is 15.1. The minimum Gasteiger partial charge on any atom is -0.309 e. The summed E-state index contributed by atoms with van der Waals surface area (Å²) in [6.45, 7) is 0. The van der Waals surface area contributed by atoms with Crippen LogP contribution in [-0.2, 0) is 0 Å². The molecule has 0 aliphatic rings. The van der Waals surface area contributed by atoms with E-state index in [-0.39, 0.29) is 0 Å². The molecule has 0 amide bonds. The van der Waals surface area contributed by atoms with E-state index >= 15 is 0 Å². The molecular formula is C58H35N5. The highest BCUT2D eigenvalue weighted by Crippen LogP contribution is 2.41. The van der Waals surface area contributed by atoms with Crippen LogP contribution in [0.15, 0.2) is 212 Å². The van der Waals surface area contributed by atoms with Gasteiger partial charge in [-0.1, -0.05) is 133 Å². The van der Waals surface area contributed by atoms with E-state index < -0.39 is 0 Å². The lowest BCUT2D eigenvalue weighted by atomic mass is 10.0. The van der Waals surface area contributed by atoms with Crippen LogP contribution in [0.2, 0.25) is 0 Å². The standard InChI is InChI=1S/C58H35N5/c1-2-15-40(16-3-1)61-50-23-11-7-18-43(50)45-30-27-38(34-54(45)61)57-59-49-22-10-6-20-46(49)58(60-57)63-51-24-12-8-19-44(51)48-33-37-26-29-41(32-39(37)35-55(48)63)62-52-25-13-9-21-47(52)56-42-17-5-4-14-36(42)28-31-53(56)62/h1-35H. The van der Waals surface area contributed by atoms with E-state index in [0.717, 1.165) is 55.6 Å². The number of hydrogen-bond acceptors (Lipinski definition) is 2. The summed E-state index contributed by atoms with van der Waals surface area (Å²) in [6.07, 6.45) is 0. The zero-order valence-electron chi connectivity index (χ0n) is 33.9. The topological polar surface area (TPSA) is 40.6 Å². The molecule has 0 aliphatic carbocycles. The van der Waals surface area contributed by atoms with Crippen LogP contribution < -0.4 is 0 Å². The van der Waals surface area contributed by atoms with Crippen LogP contribution >= 0.6 is 0 Å². The van der Waals surface area contributed by atoms with Crippen molar-refractivity contribution < 1.29 is 0 Å². The van der Waals surface area contributed by atoms with E-state index in [9.17, 15) is 0 Å². The van der Waals surface area contributed by atoms with Crippen molar-refractivity contribution >= 4 is 97.9 Å². The predicted octanol–water partition coefficient (Wildman–Crippen LogP) is 14.9. The molecule has 0 N–H and O–H groups in total. The van der Waals surface area contributed by atoms with E-state index in [2.05, 4.69) is 226 Å². The van der Waals surface area contributed by atoms with Crippen molar-refractivity contribution in [1.82, 2.24) is 23.7 Å². The Morgan fingerprint density at radius 3 is 1.71 bits per heavy atom. The van der Waals surface area contributed by atoms with Crippen LogP contribution in [0, 0.1) is 0 Å². The van der Waals surface area contributed by atoms with Crippen molar-refractivity contribution in [3.8, 4) is 28.6 Å². The second kappa shape index (κ2) is 13.0. The quantitative estimate of drug-likeness (QED) is 0.178. The van der Waals surface area contributed by atoms with E-state index in [0.29, 0.717) is 5.82 Å². The summed E-state index contributed by atoms with van der Waals surface area (Å²) < 4.78 is 7.13. The van der Waals surface area contributed by atoms with Crippen LogP contribution in [0.5, 0.6) is 0 Å². The van der Waals surface area contributed by atoms with Gasteiger partial charge in [0.15, 0.2) is 5.82 Å². The van der Waals surface area contributed by atoms with Gasteiger partial charge in [0, 0.05) is 54.6 Å². The number of benzene rings is 10. The lowest BCUT2D eigenvalue weighted by Crippen LogP contribution is -2.03. The minimum atomic E-state index is 0.684. The molecule has 0 saturated carbocycles. The van der Waals surface area contributed by atoms with Crippen molar-refractivity contribution in [2.75, 3.05) is 0 Å². The molecule has 4 aromatic heterocycles. The molecule has 10 aromatic carbocycles. The first-order valence-corrected chi connectivity index (χ1v) is 21.5. The van der Waals surface area contributed by atoms with Crippen molar-refractivity contribution in [2.24, 2.45) is 0 Å². The molecule has 0 unspecified atom stereocenters. The Morgan fingerprint density at radius 1 is 0.286 bits per heavy atom. The molecule has 292 valence electrons. The molecule has 0 fully saturated rings. The van der Waals surface area contributed by atoms with Crippen LogP contribution in [0.25, 0.3) is 126 Å². The first-order valence-electron chi connectivity index (χ1n) is 21.5. The second-order valence-electron chi connectivity index (χ2n) is 16.6. The Bertz CT molecular complexity index is 4210. The van der Waals surface area contributed by atoms with Crippen molar-refractivity contribution in [2.45, 2.75) is 0 Å². The lowest BCUT2D eigenvalue weighted by molar-refractivity contribution is 1.08. The Morgan fingerprint density at radius 2 is 0.889 bits per heavy atom. The van der Waals surface area contributed by atoms with Crippen LogP contribution in [0.3, 0.4) is 0 Å². The largest absolute Gasteiger partial charge is 0.309 e. The molecular weight excluding hydrogens is 767 g/mol. The second-order valence-corrected chi connectivity index (χ2v) is 16.6. The monoisotopic (exact) mass is 801 g/mol. The maximum atomic E-state index is 5.55. The first kappa shape index (κ1) is 34.2. The molecule has 0 atom stereocenters. The number of nitrogens with zero attached hydrogens (tertiary/aromatic N) is 5. The highest BCUT2D eigenvalue weighted by Gasteiger charge is 2.21. The summed E-state index contributed by atoms with van der Waals surface area (Å²) >= 11 is 0. The fourth-order valence-electron chi connectivity index (χ4n) is 10.4. The molecule has 5 heteroatoms. The average Bonchev–Trinajstić information content (AvgIpc) is 3.98. The van der Waals surface area contributed by atoms with Gasteiger partial charge in [0.2, 0.25) is 0 Å². The minimum absolute atomic E-state index is 0.684. The molecule has 0 spiro atoms. The Labute approximate surface area is 360 Å². The Hall–Kier alpha value is -8.54. The third-order valence-corrected chi connectivity index (χ3v) is 13.2. The zero-order valence-corrected chi connectivity index (χ0v) is 33.9. The molecule has 0 aliphatic heterocycles. The summed E-state index contributed by atoms with van der Waals surface area (Å²) in [7, 11) is 0. The maximum Gasteiger partial charge on any atom is 0.162 e. The summed E-state index contributed by atoms with van der Waals surface area (Å²) in [5, 5.41) is 13.2. The summed E-state index contributed by atoms with van der Waals surface area (Å²) in [4.78, 5) is 10.8. The van der Waals surface area contributed by atoms with Crippen molar-refractivity contribution in [3.05, 3.63) is 212 Å². The van der Waals surface area contributed by atoms with E-state index in [1.165, 1.54) is 65.0 Å². The SMILES string of the molecule is c1ccc(-n2c3ccccc3c3ccc(-c4nc(-n5c6ccccc6c6cc7ccc(-n8c9ccccc9c9c%10ccccc%10ccc98)cc7cc65)c5ccccc5n4)cc32)cc1. The van der Waals surface area contributed by atoms with Gasteiger partial charge in [0.05, 0.1) is 38.6 Å².